The molecular weight excluding hydrogens is 468 g/mol. The summed E-state index contributed by atoms with van der Waals surface area (Å²) in [7, 11) is -3.68. The standard InChI is InChI=1S/C25H30N4O5S/c30-24-17-20(19-6-2-3-7-21(19)26-24)25(31)27-22-16-18(35(32,33)29-10-4-1-5-11-29)8-9-23(22)28-12-14-34-15-13-28/h2-3,6-9,16,20H,1,4-5,10-15,17H2,(H,26,30)(H,27,31). The number of morpholine rings is 1. The number of carbonyl (C=O) groups excluding carboxylic acids is 2. The zero-order valence-electron chi connectivity index (χ0n) is 19.5. The van der Waals surface area contributed by atoms with Crippen molar-refractivity contribution < 1.29 is 22.7 Å². The third-order valence-corrected chi connectivity index (χ3v) is 8.74. The Bertz CT molecular complexity index is 1220. The first-order valence-corrected chi connectivity index (χ1v) is 13.5. The smallest absolute Gasteiger partial charge is 0.243 e. The number of sulfonamides is 1. The maximum Gasteiger partial charge on any atom is 0.243 e. The molecule has 10 heteroatoms. The van der Waals surface area contributed by atoms with Crippen LogP contribution < -0.4 is 15.5 Å². The van der Waals surface area contributed by atoms with Crippen LogP contribution in [-0.2, 0) is 24.3 Å². The van der Waals surface area contributed by atoms with Gasteiger partial charge in [0.1, 0.15) is 0 Å². The van der Waals surface area contributed by atoms with Gasteiger partial charge in [-0.1, -0.05) is 24.6 Å². The highest BCUT2D eigenvalue weighted by Crippen LogP contribution is 2.36. The van der Waals surface area contributed by atoms with Gasteiger partial charge >= 0.3 is 0 Å². The molecule has 2 aromatic carbocycles. The Morgan fingerprint density at radius 2 is 1.74 bits per heavy atom. The van der Waals surface area contributed by atoms with Gasteiger partial charge in [-0.15, -0.1) is 0 Å². The van der Waals surface area contributed by atoms with Crippen LogP contribution in [0.1, 0.15) is 37.2 Å². The molecule has 9 nitrogen and oxygen atoms in total. The van der Waals surface area contributed by atoms with Crippen LogP contribution in [-0.4, -0.2) is 63.9 Å². The molecule has 0 spiro atoms. The van der Waals surface area contributed by atoms with Crippen LogP contribution in [0.3, 0.4) is 0 Å². The van der Waals surface area contributed by atoms with E-state index in [9.17, 15) is 18.0 Å². The average Bonchev–Trinajstić information content (AvgIpc) is 2.89. The fourth-order valence-electron chi connectivity index (χ4n) is 4.98. The molecule has 2 aromatic rings. The van der Waals surface area contributed by atoms with E-state index in [1.54, 1.807) is 24.3 Å². The zero-order chi connectivity index (χ0) is 24.4. The molecule has 0 aliphatic carbocycles. The van der Waals surface area contributed by atoms with Crippen LogP contribution >= 0.6 is 0 Å². The van der Waals surface area contributed by atoms with Crippen LogP contribution in [0, 0.1) is 0 Å². The van der Waals surface area contributed by atoms with Crippen molar-refractivity contribution in [1.29, 1.82) is 0 Å². The molecule has 5 rings (SSSR count). The molecule has 2 fully saturated rings. The van der Waals surface area contributed by atoms with Gasteiger partial charge in [0.15, 0.2) is 0 Å². The molecule has 0 bridgehead atoms. The predicted molar refractivity (Wildman–Crippen MR) is 133 cm³/mol. The molecule has 3 aliphatic heterocycles. The Hall–Kier alpha value is -2.95. The number of nitrogens with zero attached hydrogens (tertiary/aromatic N) is 2. The van der Waals surface area contributed by atoms with Gasteiger partial charge in [0, 0.05) is 38.3 Å². The van der Waals surface area contributed by atoms with Crippen molar-refractivity contribution in [2.75, 3.05) is 54.9 Å². The summed E-state index contributed by atoms with van der Waals surface area (Å²) < 4.78 is 33.7. The van der Waals surface area contributed by atoms with Gasteiger partial charge in [-0.05, 0) is 42.7 Å². The Labute approximate surface area is 205 Å². The SMILES string of the molecule is O=C1CC(C(=O)Nc2cc(S(=O)(=O)N3CCCCC3)ccc2N2CCOCC2)c2ccccc2N1. The minimum Gasteiger partial charge on any atom is -0.378 e. The number of amides is 2. The van der Waals surface area contributed by atoms with E-state index >= 15 is 0 Å². The van der Waals surface area contributed by atoms with Gasteiger partial charge in [0.2, 0.25) is 21.8 Å². The van der Waals surface area contributed by atoms with Crippen LogP contribution in [0.25, 0.3) is 0 Å². The molecule has 3 aliphatic rings. The summed E-state index contributed by atoms with van der Waals surface area (Å²) in [5, 5.41) is 5.78. The maximum atomic E-state index is 13.5. The van der Waals surface area contributed by atoms with Crippen LogP contribution in [0.2, 0.25) is 0 Å². The van der Waals surface area contributed by atoms with E-state index in [0.717, 1.165) is 30.5 Å². The number of hydrogen-bond donors (Lipinski definition) is 2. The van der Waals surface area contributed by atoms with Crippen molar-refractivity contribution in [3.8, 4) is 0 Å². The molecule has 0 aromatic heterocycles. The Kier molecular flexibility index (Phi) is 6.77. The second kappa shape index (κ2) is 9.96. The number of para-hydroxylation sites is 1. The molecule has 1 atom stereocenters. The van der Waals surface area contributed by atoms with Crippen molar-refractivity contribution >= 4 is 38.9 Å². The molecule has 3 heterocycles. The lowest BCUT2D eigenvalue weighted by Gasteiger charge is -2.32. The molecule has 35 heavy (non-hydrogen) atoms. The number of rotatable bonds is 5. The van der Waals surface area contributed by atoms with Gasteiger partial charge in [-0.3, -0.25) is 9.59 Å². The third-order valence-electron chi connectivity index (χ3n) is 6.85. The highest BCUT2D eigenvalue weighted by molar-refractivity contribution is 7.89. The lowest BCUT2D eigenvalue weighted by Crippen LogP contribution is -2.38. The van der Waals surface area contributed by atoms with Crippen LogP contribution in [0.4, 0.5) is 17.1 Å². The lowest BCUT2D eigenvalue weighted by molar-refractivity contribution is -0.123. The number of carbonyl (C=O) groups is 2. The van der Waals surface area contributed by atoms with Gasteiger partial charge in [-0.25, -0.2) is 8.42 Å². The van der Waals surface area contributed by atoms with Gasteiger partial charge in [0.05, 0.1) is 35.4 Å². The molecule has 2 saturated heterocycles. The molecular formula is C25H30N4O5S. The number of hydrogen-bond acceptors (Lipinski definition) is 6. The summed E-state index contributed by atoms with van der Waals surface area (Å²) in [6.45, 7) is 3.38. The van der Waals surface area contributed by atoms with Crippen molar-refractivity contribution in [3.63, 3.8) is 0 Å². The van der Waals surface area contributed by atoms with Crippen LogP contribution in [0.15, 0.2) is 47.4 Å². The van der Waals surface area contributed by atoms with Crippen molar-refractivity contribution in [1.82, 2.24) is 4.31 Å². The molecule has 2 N–H and O–H groups in total. The van der Waals surface area contributed by atoms with Gasteiger partial charge in [0.25, 0.3) is 0 Å². The van der Waals surface area contributed by atoms with E-state index in [1.807, 2.05) is 18.2 Å². The minimum absolute atomic E-state index is 0.0293. The second-order valence-corrected chi connectivity index (χ2v) is 11.1. The van der Waals surface area contributed by atoms with E-state index in [0.29, 0.717) is 50.8 Å². The quantitative estimate of drug-likeness (QED) is 0.656. The average molecular weight is 499 g/mol. The van der Waals surface area contributed by atoms with Crippen molar-refractivity contribution in [3.05, 3.63) is 48.0 Å². The monoisotopic (exact) mass is 498 g/mol. The third kappa shape index (κ3) is 4.91. The molecule has 186 valence electrons. The van der Waals surface area contributed by atoms with E-state index in [-0.39, 0.29) is 23.1 Å². The van der Waals surface area contributed by atoms with Crippen LogP contribution in [0.5, 0.6) is 0 Å². The largest absolute Gasteiger partial charge is 0.378 e. The summed E-state index contributed by atoms with van der Waals surface area (Å²) in [6, 6.07) is 12.2. The summed E-state index contributed by atoms with van der Waals surface area (Å²) in [5.74, 6) is -1.23. The number of benzene rings is 2. The van der Waals surface area contributed by atoms with Crippen molar-refractivity contribution in [2.45, 2.75) is 36.5 Å². The number of ether oxygens (including phenoxy) is 1. The highest BCUT2D eigenvalue weighted by atomic mass is 32.2. The van der Waals surface area contributed by atoms with E-state index in [2.05, 4.69) is 15.5 Å². The number of nitrogens with one attached hydrogen (secondary N) is 2. The Balaban J connectivity index is 1.49. The number of piperidine rings is 1. The first-order valence-electron chi connectivity index (χ1n) is 12.1. The summed E-state index contributed by atoms with van der Waals surface area (Å²) in [4.78, 5) is 28.0. The fourth-order valence-corrected chi connectivity index (χ4v) is 6.52. The molecule has 0 radical (unpaired) electrons. The topological polar surface area (TPSA) is 108 Å². The summed E-state index contributed by atoms with van der Waals surface area (Å²) >= 11 is 0. The highest BCUT2D eigenvalue weighted by Gasteiger charge is 2.32. The summed E-state index contributed by atoms with van der Waals surface area (Å²) in [6.07, 6.45) is 2.75. The lowest BCUT2D eigenvalue weighted by atomic mass is 9.89. The predicted octanol–water partition coefficient (Wildman–Crippen LogP) is 2.76. The van der Waals surface area contributed by atoms with E-state index < -0.39 is 15.9 Å². The second-order valence-electron chi connectivity index (χ2n) is 9.12. The fraction of sp³-hybridized carbons (Fsp3) is 0.440. The molecule has 1 unspecified atom stereocenters. The Morgan fingerprint density at radius 3 is 2.51 bits per heavy atom. The summed E-state index contributed by atoms with van der Waals surface area (Å²) in [5.41, 5.74) is 2.54. The first-order chi connectivity index (χ1) is 16.9. The Morgan fingerprint density at radius 1 is 1.00 bits per heavy atom. The van der Waals surface area contributed by atoms with E-state index in [1.165, 1.54) is 4.31 Å². The van der Waals surface area contributed by atoms with E-state index in [4.69, 9.17) is 4.74 Å². The van der Waals surface area contributed by atoms with Gasteiger partial charge < -0.3 is 20.3 Å². The first kappa shape index (κ1) is 23.8. The molecule has 0 saturated carbocycles. The number of anilines is 3. The maximum absolute atomic E-state index is 13.5. The number of fused-ring (bicyclic) bond motifs is 1. The van der Waals surface area contributed by atoms with Crippen molar-refractivity contribution in [2.24, 2.45) is 0 Å². The normalized spacial score (nSPS) is 21.2. The minimum atomic E-state index is -3.68. The molecule has 2 amide bonds. The van der Waals surface area contributed by atoms with Gasteiger partial charge in [-0.2, -0.15) is 4.31 Å². The zero-order valence-corrected chi connectivity index (χ0v) is 20.4.